The Morgan fingerprint density at radius 3 is 2.67 bits per heavy atom. The van der Waals surface area contributed by atoms with Gasteiger partial charge in [-0.3, -0.25) is 4.79 Å². The van der Waals surface area contributed by atoms with Crippen LogP contribution in [0, 0.1) is 12.7 Å². The van der Waals surface area contributed by atoms with E-state index in [1.807, 2.05) is 0 Å². The van der Waals surface area contributed by atoms with Crippen molar-refractivity contribution in [2.24, 2.45) is 0 Å². The quantitative estimate of drug-likeness (QED) is 0.909. The molecule has 0 unspecified atom stereocenters. The van der Waals surface area contributed by atoms with Gasteiger partial charge in [-0.15, -0.1) is 0 Å². The summed E-state index contributed by atoms with van der Waals surface area (Å²) in [6, 6.07) is 4.95. The van der Waals surface area contributed by atoms with Crippen LogP contribution >= 0.6 is 11.6 Å². The third-order valence-corrected chi connectivity index (χ3v) is 3.03. The van der Waals surface area contributed by atoms with Crippen molar-refractivity contribution >= 4 is 23.5 Å². The number of rotatable bonds is 4. The lowest BCUT2D eigenvalue weighted by atomic mass is 10.2. The summed E-state index contributed by atoms with van der Waals surface area (Å²) in [5.74, 6) is -1.98. The lowest BCUT2D eigenvalue weighted by molar-refractivity contribution is 0.0694. The highest BCUT2D eigenvalue weighted by molar-refractivity contribution is 6.31. The summed E-state index contributed by atoms with van der Waals surface area (Å²) in [4.78, 5) is 22.7. The normalized spacial score (nSPS) is 10.4. The molecule has 1 amide bonds. The van der Waals surface area contributed by atoms with E-state index in [2.05, 4.69) is 5.32 Å². The van der Waals surface area contributed by atoms with E-state index in [0.29, 0.717) is 0 Å². The summed E-state index contributed by atoms with van der Waals surface area (Å²) >= 11 is 5.71. The molecule has 0 saturated heterocycles. The van der Waals surface area contributed by atoms with Crippen LogP contribution in [-0.4, -0.2) is 17.0 Å². The van der Waals surface area contributed by atoms with Crippen LogP contribution in [0.1, 0.15) is 32.2 Å². The molecule has 5 nitrogen and oxygen atoms in total. The monoisotopic (exact) mass is 311 g/mol. The maximum atomic E-state index is 13.5. The van der Waals surface area contributed by atoms with Crippen LogP contribution in [0.3, 0.4) is 0 Å². The summed E-state index contributed by atoms with van der Waals surface area (Å²) in [7, 11) is 0. The van der Waals surface area contributed by atoms with E-state index in [9.17, 15) is 14.0 Å². The molecule has 7 heteroatoms. The number of carbonyl (C=O) groups is 2. The van der Waals surface area contributed by atoms with Gasteiger partial charge in [-0.05, 0) is 31.2 Å². The topological polar surface area (TPSA) is 79.5 Å². The lowest BCUT2D eigenvalue weighted by Gasteiger charge is -2.05. The molecule has 0 radical (unpaired) electrons. The highest BCUT2D eigenvalue weighted by Crippen LogP contribution is 2.16. The zero-order valence-electron chi connectivity index (χ0n) is 10.9. The molecule has 1 aromatic heterocycles. The third kappa shape index (κ3) is 3.41. The fourth-order valence-corrected chi connectivity index (χ4v) is 1.95. The van der Waals surface area contributed by atoms with Crippen molar-refractivity contribution in [3.63, 3.8) is 0 Å². The second kappa shape index (κ2) is 5.97. The highest BCUT2D eigenvalue weighted by atomic mass is 35.5. The number of carboxylic acids is 1. The third-order valence-electron chi connectivity index (χ3n) is 2.80. The minimum Gasteiger partial charge on any atom is -0.478 e. The van der Waals surface area contributed by atoms with Crippen molar-refractivity contribution in [1.29, 1.82) is 0 Å². The number of amides is 1. The molecule has 0 aliphatic carbocycles. The fraction of sp³-hybridized carbons (Fsp3) is 0.143. The number of aromatic carboxylic acids is 1. The largest absolute Gasteiger partial charge is 0.478 e. The van der Waals surface area contributed by atoms with E-state index in [-0.39, 0.29) is 34.2 Å². The zero-order chi connectivity index (χ0) is 15.6. The molecule has 2 rings (SSSR count). The van der Waals surface area contributed by atoms with E-state index < -0.39 is 17.7 Å². The van der Waals surface area contributed by atoms with Crippen LogP contribution in [0.25, 0.3) is 0 Å². The smallest absolute Gasteiger partial charge is 0.339 e. The maximum Gasteiger partial charge on any atom is 0.339 e. The van der Waals surface area contributed by atoms with Gasteiger partial charge in [0.2, 0.25) is 0 Å². The average Bonchev–Trinajstić information content (AvgIpc) is 2.80. The van der Waals surface area contributed by atoms with Crippen LogP contribution in [0.5, 0.6) is 0 Å². The van der Waals surface area contributed by atoms with Crippen molar-refractivity contribution in [3.8, 4) is 0 Å². The Bertz CT molecular complexity index is 711. The lowest BCUT2D eigenvalue weighted by Crippen LogP contribution is -2.23. The highest BCUT2D eigenvalue weighted by Gasteiger charge is 2.16. The molecule has 0 aliphatic rings. The Kier molecular flexibility index (Phi) is 4.28. The second-order valence-electron chi connectivity index (χ2n) is 4.29. The van der Waals surface area contributed by atoms with Gasteiger partial charge in [0.25, 0.3) is 5.91 Å². The van der Waals surface area contributed by atoms with E-state index in [0.717, 1.165) is 6.07 Å². The van der Waals surface area contributed by atoms with Gasteiger partial charge in [0, 0.05) is 5.02 Å². The van der Waals surface area contributed by atoms with Crippen molar-refractivity contribution in [2.75, 3.05) is 0 Å². The molecule has 0 bridgehead atoms. The van der Waals surface area contributed by atoms with Crippen LogP contribution in [0.2, 0.25) is 5.02 Å². The van der Waals surface area contributed by atoms with Crippen LogP contribution in [-0.2, 0) is 6.54 Å². The van der Waals surface area contributed by atoms with Crippen molar-refractivity contribution < 1.29 is 23.5 Å². The van der Waals surface area contributed by atoms with E-state index in [1.165, 1.54) is 25.1 Å². The van der Waals surface area contributed by atoms with Crippen LogP contribution in [0.15, 0.2) is 28.7 Å². The van der Waals surface area contributed by atoms with Gasteiger partial charge in [0.15, 0.2) is 0 Å². The summed E-state index contributed by atoms with van der Waals surface area (Å²) in [5, 5.41) is 11.6. The van der Waals surface area contributed by atoms with Gasteiger partial charge in [-0.25, -0.2) is 9.18 Å². The summed E-state index contributed by atoms with van der Waals surface area (Å²) in [6.07, 6.45) is 0. The van der Waals surface area contributed by atoms with E-state index in [1.54, 1.807) is 0 Å². The van der Waals surface area contributed by atoms with Gasteiger partial charge in [-0.1, -0.05) is 11.6 Å². The number of carbonyl (C=O) groups excluding carboxylic acids is 1. The van der Waals surface area contributed by atoms with Gasteiger partial charge >= 0.3 is 5.97 Å². The number of furan rings is 1. The first kappa shape index (κ1) is 15.1. The van der Waals surface area contributed by atoms with Gasteiger partial charge in [0.05, 0.1) is 12.1 Å². The predicted molar refractivity (Wildman–Crippen MR) is 73.0 cm³/mol. The van der Waals surface area contributed by atoms with Gasteiger partial charge in [0.1, 0.15) is 22.9 Å². The number of hydrogen-bond donors (Lipinski definition) is 2. The Morgan fingerprint density at radius 2 is 2.05 bits per heavy atom. The Labute approximate surface area is 124 Å². The second-order valence-corrected chi connectivity index (χ2v) is 4.73. The van der Waals surface area contributed by atoms with Crippen molar-refractivity contribution in [3.05, 3.63) is 57.8 Å². The molecule has 21 heavy (non-hydrogen) atoms. The molecule has 0 spiro atoms. The number of halogens is 2. The number of hydrogen-bond acceptors (Lipinski definition) is 3. The number of nitrogens with one attached hydrogen (secondary N) is 1. The summed E-state index contributed by atoms with van der Waals surface area (Å²) in [6.45, 7) is 1.45. The predicted octanol–water partition coefficient (Wildman–Crippen LogP) is 3.01. The Morgan fingerprint density at radius 1 is 1.33 bits per heavy atom. The number of carboxylic acid groups (broad SMARTS) is 1. The number of benzene rings is 1. The minimum absolute atomic E-state index is 0.0215. The first-order chi connectivity index (χ1) is 9.88. The van der Waals surface area contributed by atoms with Crippen LogP contribution in [0.4, 0.5) is 4.39 Å². The Balaban J connectivity index is 2.09. The fourth-order valence-electron chi connectivity index (χ4n) is 1.78. The molecule has 2 N–H and O–H groups in total. The molecular formula is C14H11ClFNO4. The van der Waals surface area contributed by atoms with E-state index >= 15 is 0 Å². The SMILES string of the molecule is Cc1oc(CNC(=O)c2cc(Cl)ccc2F)cc1C(=O)O. The van der Waals surface area contributed by atoms with Crippen molar-refractivity contribution in [1.82, 2.24) is 5.32 Å². The van der Waals surface area contributed by atoms with Crippen molar-refractivity contribution in [2.45, 2.75) is 13.5 Å². The molecule has 2 aromatic rings. The minimum atomic E-state index is -1.12. The van der Waals surface area contributed by atoms with Gasteiger partial charge in [-0.2, -0.15) is 0 Å². The maximum absolute atomic E-state index is 13.5. The zero-order valence-corrected chi connectivity index (χ0v) is 11.7. The molecule has 0 aliphatic heterocycles. The molecule has 0 saturated carbocycles. The van der Waals surface area contributed by atoms with Gasteiger partial charge < -0.3 is 14.8 Å². The molecule has 0 fully saturated rings. The average molecular weight is 312 g/mol. The molecule has 0 atom stereocenters. The molecule has 110 valence electrons. The first-order valence-corrected chi connectivity index (χ1v) is 6.32. The standard InChI is InChI=1S/C14H11ClFNO4/c1-7-10(14(19)20)5-9(21-7)6-17-13(18)11-4-8(15)2-3-12(11)16/h2-5H,6H2,1H3,(H,17,18)(H,19,20). The molecular weight excluding hydrogens is 301 g/mol. The first-order valence-electron chi connectivity index (χ1n) is 5.94. The Hall–Kier alpha value is -2.34. The molecule has 1 aromatic carbocycles. The number of aryl methyl sites for hydroxylation is 1. The summed E-state index contributed by atoms with van der Waals surface area (Å²) in [5.41, 5.74) is -0.169. The van der Waals surface area contributed by atoms with Crippen LogP contribution < -0.4 is 5.32 Å². The molecule has 1 heterocycles. The van der Waals surface area contributed by atoms with E-state index in [4.69, 9.17) is 21.1 Å². The summed E-state index contributed by atoms with van der Waals surface area (Å²) < 4.78 is 18.7.